The highest BCUT2D eigenvalue weighted by molar-refractivity contribution is 6.08. The van der Waals surface area contributed by atoms with E-state index in [1.165, 1.54) is 0 Å². The normalized spacial score (nSPS) is 19.4. The lowest BCUT2D eigenvalue weighted by molar-refractivity contribution is -0.140. The summed E-state index contributed by atoms with van der Waals surface area (Å²) in [6.45, 7) is 3.72. The first kappa shape index (κ1) is 21.6. The average Bonchev–Trinajstić information content (AvgIpc) is 3.34. The van der Waals surface area contributed by atoms with E-state index in [2.05, 4.69) is 10.7 Å². The fraction of sp³-hybridized carbons (Fsp3) is 0.292. The molecule has 0 aliphatic carbocycles. The first-order chi connectivity index (χ1) is 15.4. The third kappa shape index (κ3) is 3.73. The Morgan fingerprint density at radius 3 is 2.53 bits per heavy atom. The van der Waals surface area contributed by atoms with Crippen molar-refractivity contribution in [3.63, 3.8) is 0 Å². The van der Waals surface area contributed by atoms with E-state index in [1.54, 1.807) is 24.1 Å². The minimum atomic E-state index is -1.20. The number of amides is 4. The minimum absolute atomic E-state index is 0.0280. The van der Waals surface area contributed by atoms with Gasteiger partial charge in [0.1, 0.15) is 16.9 Å². The van der Waals surface area contributed by atoms with Crippen molar-refractivity contribution in [3.05, 3.63) is 72.0 Å². The number of fused-ring (bicyclic) bond motifs is 1. The second-order valence-electron chi connectivity index (χ2n) is 8.01. The van der Waals surface area contributed by atoms with Gasteiger partial charge in [0.15, 0.2) is 0 Å². The molecule has 1 aliphatic heterocycles. The van der Waals surface area contributed by atoms with Gasteiger partial charge in [0.2, 0.25) is 0 Å². The summed E-state index contributed by atoms with van der Waals surface area (Å²) in [6.07, 6.45) is 0.358. The maximum Gasteiger partial charge on any atom is 0.344 e. The van der Waals surface area contributed by atoms with Gasteiger partial charge in [-0.15, -0.1) is 0 Å². The molecule has 2 heterocycles. The molecular weight excluding hydrogens is 408 g/mol. The molecule has 2 unspecified atom stereocenters. The molecule has 1 fully saturated rings. The Labute approximate surface area is 186 Å². The smallest absolute Gasteiger partial charge is 0.344 e. The van der Waals surface area contributed by atoms with Crippen molar-refractivity contribution in [1.29, 1.82) is 0 Å². The van der Waals surface area contributed by atoms with Crippen molar-refractivity contribution in [2.75, 3.05) is 13.6 Å². The Bertz CT molecular complexity index is 1130. The zero-order valence-corrected chi connectivity index (χ0v) is 18.3. The van der Waals surface area contributed by atoms with E-state index in [0.29, 0.717) is 12.0 Å². The first-order valence-corrected chi connectivity index (χ1v) is 10.6. The van der Waals surface area contributed by atoms with Crippen LogP contribution in [0, 0.1) is 0 Å². The SMILES string of the molecule is CCC1(c2ccccc2)NC(=O)N(NC(=O)CN(C)C(C)c2cc3ccccc3o2)C1=O. The zero-order chi connectivity index (χ0) is 22.9. The Morgan fingerprint density at radius 2 is 1.84 bits per heavy atom. The number of nitrogens with one attached hydrogen (secondary N) is 2. The van der Waals surface area contributed by atoms with Crippen molar-refractivity contribution >= 4 is 28.8 Å². The molecule has 0 radical (unpaired) electrons. The van der Waals surface area contributed by atoms with E-state index in [-0.39, 0.29) is 12.6 Å². The highest BCUT2D eigenvalue weighted by atomic mass is 16.3. The molecule has 0 saturated carbocycles. The summed E-state index contributed by atoms with van der Waals surface area (Å²) in [4.78, 5) is 40.2. The average molecular weight is 434 g/mol. The number of para-hydroxylation sites is 1. The van der Waals surface area contributed by atoms with Gasteiger partial charge < -0.3 is 9.73 Å². The minimum Gasteiger partial charge on any atom is -0.459 e. The predicted octanol–water partition coefficient (Wildman–Crippen LogP) is 3.31. The fourth-order valence-electron chi connectivity index (χ4n) is 3.99. The van der Waals surface area contributed by atoms with Crippen LogP contribution in [0.4, 0.5) is 4.79 Å². The molecule has 8 heteroatoms. The van der Waals surface area contributed by atoms with E-state index in [9.17, 15) is 14.4 Å². The molecule has 2 aromatic carbocycles. The van der Waals surface area contributed by atoms with Gasteiger partial charge in [-0.1, -0.05) is 55.5 Å². The van der Waals surface area contributed by atoms with E-state index in [4.69, 9.17) is 4.42 Å². The summed E-state index contributed by atoms with van der Waals surface area (Å²) in [5, 5.41) is 4.52. The summed E-state index contributed by atoms with van der Waals surface area (Å²) in [5.74, 6) is -0.248. The van der Waals surface area contributed by atoms with Crippen LogP contribution >= 0.6 is 0 Å². The maximum absolute atomic E-state index is 13.1. The molecule has 8 nitrogen and oxygen atoms in total. The molecule has 3 aromatic rings. The van der Waals surface area contributed by atoms with E-state index >= 15 is 0 Å². The monoisotopic (exact) mass is 434 g/mol. The number of hydrazine groups is 1. The fourth-order valence-corrected chi connectivity index (χ4v) is 3.99. The highest BCUT2D eigenvalue weighted by Crippen LogP contribution is 2.31. The zero-order valence-electron chi connectivity index (χ0n) is 18.3. The number of hydrogen-bond donors (Lipinski definition) is 2. The number of urea groups is 1. The highest BCUT2D eigenvalue weighted by Gasteiger charge is 2.52. The summed E-state index contributed by atoms with van der Waals surface area (Å²) in [5.41, 5.74) is 2.72. The number of imide groups is 1. The summed E-state index contributed by atoms with van der Waals surface area (Å²) < 4.78 is 5.89. The third-order valence-corrected chi connectivity index (χ3v) is 6.04. The number of likely N-dealkylation sites (N-methyl/N-ethyl adjacent to an activating group) is 1. The molecular formula is C24H26N4O4. The number of hydrogen-bond acceptors (Lipinski definition) is 5. The van der Waals surface area contributed by atoms with Gasteiger partial charge in [-0.25, -0.2) is 4.79 Å². The van der Waals surface area contributed by atoms with Gasteiger partial charge in [-0.2, -0.15) is 5.01 Å². The van der Waals surface area contributed by atoms with Crippen LogP contribution in [0.1, 0.15) is 37.6 Å². The van der Waals surface area contributed by atoms with Gasteiger partial charge in [-0.05, 0) is 38.1 Å². The number of furan rings is 1. The maximum atomic E-state index is 13.1. The molecule has 2 N–H and O–H groups in total. The van der Waals surface area contributed by atoms with Gasteiger partial charge in [0, 0.05) is 5.39 Å². The van der Waals surface area contributed by atoms with Crippen molar-refractivity contribution in [2.24, 2.45) is 0 Å². The van der Waals surface area contributed by atoms with Crippen LogP contribution in [0.2, 0.25) is 0 Å². The quantitative estimate of drug-likeness (QED) is 0.557. The molecule has 2 atom stereocenters. The second-order valence-corrected chi connectivity index (χ2v) is 8.01. The molecule has 166 valence electrons. The molecule has 0 spiro atoms. The van der Waals surface area contributed by atoms with Crippen LogP contribution in [-0.2, 0) is 15.1 Å². The number of rotatable bonds is 7. The van der Waals surface area contributed by atoms with Crippen LogP contribution in [-0.4, -0.2) is 41.3 Å². The first-order valence-electron chi connectivity index (χ1n) is 10.6. The third-order valence-electron chi connectivity index (χ3n) is 6.04. The lowest BCUT2D eigenvalue weighted by Crippen LogP contribution is -2.50. The van der Waals surface area contributed by atoms with Gasteiger partial charge >= 0.3 is 6.03 Å². The topological polar surface area (TPSA) is 94.9 Å². The number of carbonyl (C=O) groups is 3. The largest absolute Gasteiger partial charge is 0.459 e. The molecule has 0 bridgehead atoms. The van der Waals surface area contributed by atoms with Crippen LogP contribution in [0.5, 0.6) is 0 Å². The van der Waals surface area contributed by atoms with Crippen LogP contribution in [0.25, 0.3) is 11.0 Å². The van der Waals surface area contributed by atoms with Crippen molar-refractivity contribution in [1.82, 2.24) is 20.7 Å². The number of benzene rings is 2. The molecule has 32 heavy (non-hydrogen) atoms. The summed E-state index contributed by atoms with van der Waals surface area (Å²) in [6, 6.07) is 17.8. The van der Waals surface area contributed by atoms with Crippen molar-refractivity contribution < 1.29 is 18.8 Å². The summed E-state index contributed by atoms with van der Waals surface area (Å²) >= 11 is 0. The number of carbonyl (C=O) groups excluding carboxylic acids is 3. The Hall–Kier alpha value is -3.65. The Morgan fingerprint density at radius 1 is 1.16 bits per heavy atom. The van der Waals surface area contributed by atoms with E-state index in [1.807, 2.05) is 62.4 Å². The summed E-state index contributed by atoms with van der Waals surface area (Å²) in [7, 11) is 1.78. The van der Waals surface area contributed by atoms with Gasteiger partial charge in [-0.3, -0.25) is 19.9 Å². The molecule has 1 aliphatic rings. The van der Waals surface area contributed by atoms with Crippen molar-refractivity contribution in [3.8, 4) is 0 Å². The van der Waals surface area contributed by atoms with Crippen molar-refractivity contribution in [2.45, 2.75) is 31.8 Å². The van der Waals surface area contributed by atoms with Crippen LogP contribution in [0.3, 0.4) is 0 Å². The predicted molar refractivity (Wildman–Crippen MR) is 119 cm³/mol. The lowest BCUT2D eigenvalue weighted by atomic mass is 9.87. The molecule has 4 rings (SSSR count). The van der Waals surface area contributed by atoms with E-state index < -0.39 is 23.4 Å². The van der Waals surface area contributed by atoms with Gasteiger partial charge in [0.05, 0.1) is 12.6 Å². The van der Waals surface area contributed by atoms with Crippen LogP contribution in [0.15, 0.2) is 65.1 Å². The lowest BCUT2D eigenvalue weighted by Gasteiger charge is -2.26. The Balaban J connectivity index is 1.44. The standard InChI is InChI=1S/C24H26N4O4/c1-4-24(18-11-6-5-7-12-18)22(30)28(23(31)25-24)26-21(29)15-27(3)16(2)20-14-17-10-8-9-13-19(17)32-20/h5-14,16H,4,15H2,1-3H3,(H,25,31)(H,26,29). The van der Waals surface area contributed by atoms with E-state index in [0.717, 1.165) is 21.7 Å². The number of nitrogens with zero attached hydrogens (tertiary/aromatic N) is 2. The van der Waals surface area contributed by atoms with Crippen LogP contribution < -0.4 is 10.7 Å². The molecule has 1 aromatic heterocycles. The molecule has 4 amide bonds. The Kier molecular flexibility index (Phi) is 5.71. The second kappa shape index (κ2) is 8.47. The van der Waals surface area contributed by atoms with Gasteiger partial charge in [0.25, 0.3) is 11.8 Å². The molecule has 1 saturated heterocycles.